The first kappa shape index (κ1) is 20.0. The molecule has 0 aliphatic rings. The van der Waals surface area contributed by atoms with Crippen molar-refractivity contribution in [2.75, 3.05) is 6.61 Å². The molecule has 0 radical (unpaired) electrons. The highest BCUT2D eigenvalue weighted by Crippen LogP contribution is 2.34. The molecule has 130 valence electrons. The molecule has 0 saturated heterocycles. The Morgan fingerprint density at radius 2 is 1.92 bits per heavy atom. The molecule has 0 aromatic heterocycles. The maximum absolute atomic E-state index is 12.1. The van der Waals surface area contributed by atoms with E-state index in [9.17, 15) is 4.79 Å². The minimum Gasteiger partial charge on any atom is -0.487 e. The summed E-state index contributed by atoms with van der Waals surface area (Å²) in [6.07, 6.45) is 3.17. The molecule has 0 spiro atoms. The highest BCUT2D eigenvalue weighted by molar-refractivity contribution is 9.11. The molecule has 2 rings (SSSR count). The van der Waals surface area contributed by atoms with Crippen LogP contribution in [0.5, 0.6) is 5.75 Å². The summed E-state index contributed by atoms with van der Waals surface area (Å²) in [5.74, 6) is 0.232. The van der Waals surface area contributed by atoms with E-state index in [4.69, 9.17) is 27.9 Å². The van der Waals surface area contributed by atoms with Gasteiger partial charge in [-0.1, -0.05) is 35.9 Å². The zero-order chi connectivity index (χ0) is 18.4. The maximum Gasteiger partial charge on any atom is 0.272 e. The van der Waals surface area contributed by atoms with E-state index in [1.54, 1.807) is 12.1 Å². The van der Waals surface area contributed by atoms with Gasteiger partial charge in [-0.05, 0) is 67.8 Å². The van der Waals surface area contributed by atoms with Gasteiger partial charge in [0.1, 0.15) is 12.4 Å². The fourth-order valence-corrected chi connectivity index (χ4v) is 3.78. The van der Waals surface area contributed by atoms with Crippen LogP contribution in [0.2, 0.25) is 10.0 Å². The molecule has 25 heavy (non-hydrogen) atoms. The van der Waals surface area contributed by atoms with Gasteiger partial charge < -0.3 is 4.74 Å². The maximum atomic E-state index is 12.1. The van der Waals surface area contributed by atoms with Crippen molar-refractivity contribution in [3.05, 3.63) is 73.1 Å². The van der Waals surface area contributed by atoms with Crippen LogP contribution in [0.15, 0.2) is 57.0 Å². The first-order chi connectivity index (χ1) is 11.9. The van der Waals surface area contributed by atoms with Gasteiger partial charge in [0.05, 0.1) is 25.7 Å². The van der Waals surface area contributed by atoms with Crippen molar-refractivity contribution < 1.29 is 9.53 Å². The Labute approximate surface area is 172 Å². The monoisotopic (exact) mass is 504 g/mol. The van der Waals surface area contributed by atoms with Crippen LogP contribution in [0, 0.1) is 0 Å². The van der Waals surface area contributed by atoms with Gasteiger partial charge in [0.15, 0.2) is 0 Å². The fourth-order valence-electron chi connectivity index (χ4n) is 1.83. The van der Waals surface area contributed by atoms with Crippen molar-refractivity contribution in [3.8, 4) is 5.75 Å². The molecule has 0 atom stereocenters. The van der Waals surface area contributed by atoms with Gasteiger partial charge in [-0.3, -0.25) is 4.79 Å². The van der Waals surface area contributed by atoms with Crippen LogP contribution in [-0.4, -0.2) is 18.7 Å². The molecule has 0 unspecified atom stereocenters. The van der Waals surface area contributed by atoms with Crippen LogP contribution in [0.4, 0.5) is 0 Å². The SMILES string of the molecule is C=CCOc1c(Br)cc(/C=N\NC(=O)c2ccc(Cl)cc2Cl)cc1Br. The number of hydrogen-bond acceptors (Lipinski definition) is 3. The quantitative estimate of drug-likeness (QED) is 0.304. The van der Waals surface area contributed by atoms with Crippen LogP contribution in [-0.2, 0) is 0 Å². The Morgan fingerprint density at radius 3 is 2.52 bits per heavy atom. The lowest BCUT2D eigenvalue weighted by Crippen LogP contribution is -2.18. The summed E-state index contributed by atoms with van der Waals surface area (Å²) < 4.78 is 7.04. The molecule has 2 aromatic rings. The molecule has 1 amide bonds. The van der Waals surface area contributed by atoms with Gasteiger partial charge in [-0.15, -0.1) is 0 Å². The first-order valence-electron chi connectivity index (χ1n) is 6.93. The number of hydrazone groups is 1. The van der Waals surface area contributed by atoms with E-state index in [1.807, 2.05) is 12.1 Å². The van der Waals surface area contributed by atoms with E-state index in [0.29, 0.717) is 22.9 Å². The molecular weight excluding hydrogens is 495 g/mol. The van der Waals surface area contributed by atoms with Crippen molar-refractivity contribution in [3.63, 3.8) is 0 Å². The molecule has 0 saturated carbocycles. The number of benzene rings is 2. The normalized spacial score (nSPS) is 10.7. The van der Waals surface area contributed by atoms with Gasteiger partial charge in [-0.25, -0.2) is 5.43 Å². The molecule has 0 aliphatic heterocycles. The number of halogens is 4. The topological polar surface area (TPSA) is 50.7 Å². The van der Waals surface area contributed by atoms with Crippen molar-refractivity contribution in [1.29, 1.82) is 0 Å². The van der Waals surface area contributed by atoms with Crippen molar-refractivity contribution >= 4 is 67.2 Å². The van der Waals surface area contributed by atoms with E-state index in [1.165, 1.54) is 18.3 Å². The number of hydrogen-bond donors (Lipinski definition) is 1. The second-order valence-electron chi connectivity index (χ2n) is 4.74. The summed E-state index contributed by atoms with van der Waals surface area (Å²) in [6, 6.07) is 8.25. The summed E-state index contributed by atoms with van der Waals surface area (Å²) in [4.78, 5) is 12.1. The van der Waals surface area contributed by atoms with Crippen LogP contribution < -0.4 is 10.2 Å². The summed E-state index contributed by atoms with van der Waals surface area (Å²) in [6.45, 7) is 4.00. The summed E-state index contributed by atoms with van der Waals surface area (Å²) in [7, 11) is 0. The highest BCUT2D eigenvalue weighted by atomic mass is 79.9. The Morgan fingerprint density at radius 1 is 1.24 bits per heavy atom. The van der Waals surface area contributed by atoms with E-state index in [2.05, 4.69) is 49.0 Å². The van der Waals surface area contributed by atoms with E-state index in [-0.39, 0.29) is 5.02 Å². The minimum atomic E-state index is -0.429. The van der Waals surface area contributed by atoms with Gasteiger partial charge in [0, 0.05) is 5.02 Å². The van der Waals surface area contributed by atoms with E-state index < -0.39 is 5.91 Å². The van der Waals surface area contributed by atoms with E-state index in [0.717, 1.165) is 14.5 Å². The third-order valence-electron chi connectivity index (χ3n) is 2.92. The molecule has 0 heterocycles. The number of carbonyl (C=O) groups is 1. The third-order valence-corrected chi connectivity index (χ3v) is 4.65. The standard InChI is InChI=1S/C17H12Br2Cl2N2O2/c1-2-5-25-16-13(18)6-10(7-14(16)19)9-22-23-17(24)12-4-3-11(20)8-15(12)21/h2-4,6-9H,1,5H2,(H,23,24)/b22-9-. The highest BCUT2D eigenvalue weighted by Gasteiger charge is 2.10. The smallest absolute Gasteiger partial charge is 0.272 e. The average molecular weight is 507 g/mol. The van der Waals surface area contributed by atoms with Crippen LogP contribution in [0.1, 0.15) is 15.9 Å². The Kier molecular flexibility index (Phi) is 7.50. The molecule has 0 aliphatic carbocycles. The predicted molar refractivity (Wildman–Crippen MR) is 109 cm³/mol. The summed E-state index contributed by atoms with van der Waals surface area (Å²) in [5, 5.41) is 4.66. The van der Waals surface area contributed by atoms with Crippen molar-refractivity contribution in [2.45, 2.75) is 0 Å². The minimum absolute atomic E-state index is 0.259. The molecule has 2 aromatic carbocycles. The molecular formula is C17H12Br2Cl2N2O2. The predicted octanol–water partition coefficient (Wildman–Crippen LogP) is 5.85. The van der Waals surface area contributed by atoms with Crippen LogP contribution in [0.25, 0.3) is 0 Å². The summed E-state index contributed by atoms with van der Waals surface area (Å²) >= 11 is 18.7. The largest absolute Gasteiger partial charge is 0.487 e. The van der Waals surface area contributed by atoms with E-state index >= 15 is 0 Å². The molecule has 0 fully saturated rings. The van der Waals surface area contributed by atoms with Gasteiger partial charge in [-0.2, -0.15) is 5.10 Å². The second kappa shape index (κ2) is 9.38. The zero-order valence-corrected chi connectivity index (χ0v) is 17.4. The van der Waals surface area contributed by atoms with Crippen LogP contribution in [0.3, 0.4) is 0 Å². The summed E-state index contributed by atoms with van der Waals surface area (Å²) in [5.41, 5.74) is 3.47. The molecule has 0 bridgehead atoms. The zero-order valence-electron chi connectivity index (χ0n) is 12.7. The van der Waals surface area contributed by atoms with Gasteiger partial charge >= 0.3 is 0 Å². The Hall–Kier alpha value is -1.34. The molecule has 1 N–H and O–H groups in total. The lowest BCUT2D eigenvalue weighted by Gasteiger charge is -2.09. The number of nitrogens with zero attached hydrogens (tertiary/aromatic N) is 1. The lowest BCUT2D eigenvalue weighted by molar-refractivity contribution is 0.0955. The Bertz CT molecular complexity index is 818. The fraction of sp³-hybridized carbons (Fsp3) is 0.0588. The molecule has 4 nitrogen and oxygen atoms in total. The van der Waals surface area contributed by atoms with Gasteiger partial charge in [0.25, 0.3) is 5.91 Å². The van der Waals surface area contributed by atoms with Crippen LogP contribution >= 0.6 is 55.1 Å². The number of rotatable bonds is 6. The average Bonchev–Trinajstić information content (AvgIpc) is 2.54. The number of nitrogens with one attached hydrogen (secondary N) is 1. The van der Waals surface area contributed by atoms with Gasteiger partial charge in [0.2, 0.25) is 0 Å². The third kappa shape index (κ3) is 5.57. The molecule has 8 heteroatoms. The van der Waals surface area contributed by atoms with Crippen molar-refractivity contribution in [1.82, 2.24) is 5.43 Å². The number of carbonyl (C=O) groups excluding carboxylic acids is 1. The Balaban J connectivity index is 2.09. The number of amides is 1. The number of ether oxygens (including phenoxy) is 1. The van der Waals surface area contributed by atoms with Crippen molar-refractivity contribution in [2.24, 2.45) is 5.10 Å². The first-order valence-corrected chi connectivity index (χ1v) is 9.27. The second-order valence-corrected chi connectivity index (χ2v) is 7.29. The lowest BCUT2D eigenvalue weighted by atomic mass is 10.2.